The van der Waals surface area contributed by atoms with Gasteiger partial charge < -0.3 is 15.1 Å². The van der Waals surface area contributed by atoms with E-state index < -0.39 is 10.8 Å². The smallest absolute Gasteiger partial charge is 0.256 e. The molecule has 1 fully saturated rings. The van der Waals surface area contributed by atoms with E-state index in [-0.39, 0.29) is 5.91 Å². The van der Waals surface area contributed by atoms with E-state index in [1.54, 1.807) is 36.7 Å². The number of nitrogens with one attached hydrogen (secondary N) is 1. The summed E-state index contributed by atoms with van der Waals surface area (Å²) < 4.78 is 11.4. The second kappa shape index (κ2) is 7.76. The van der Waals surface area contributed by atoms with Crippen LogP contribution in [0.25, 0.3) is 0 Å². The minimum Gasteiger partial charge on any atom is -0.368 e. The van der Waals surface area contributed by atoms with Crippen molar-refractivity contribution in [1.29, 1.82) is 0 Å². The number of nitrogens with zero attached hydrogens (tertiary/aromatic N) is 3. The van der Waals surface area contributed by atoms with Crippen LogP contribution in [-0.4, -0.2) is 59.5 Å². The molecule has 132 valence electrons. The van der Waals surface area contributed by atoms with E-state index in [1.807, 2.05) is 12.1 Å². The van der Waals surface area contributed by atoms with Gasteiger partial charge in [0.2, 0.25) is 0 Å². The number of piperazine rings is 1. The fourth-order valence-corrected chi connectivity index (χ4v) is 3.22. The fourth-order valence-electron chi connectivity index (χ4n) is 2.70. The molecule has 1 saturated heterocycles. The van der Waals surface area contributed by atoms with E-state index in [0.29, 0.717) is 16.3 Å². The number of carbonyl (C=O) groups excluding carboxylic acids is 1. The second-order valence-electron chi connectivity index (χ2n) is 6.12. The first-order valence-electron chi connectivity index (χ1n) is 8.17. The van der Waals surface area contributed by atoms with Crippen LogP contribution in [0, 0.1) is 0 Å². The molecule has 0 saturated carbocycles. The molecule has 3 rings (SSSR count). The Morgan fingerprint density at radius 2 is 1.76 bits per heavy atom. The van der Waals surface area contributed by atoms with Crippen molar-refractivity contribution >= 4 is 28.2 Å². The van der Waals surface area contributed by atoms with Crippen molar-refractivity contribution in [2.45, 2.75) is 4.90 Å². The lowest BCUT2D eigenvalue weighted by Crippen LogP contribution is -2.44. The first-order valence-corrected chi connectivity index (χ1v) is 9.73. The minimum absolute atomic E-state index is 0.228. The summed E-state index contributed by atoms with van der Waals surface area (Å²) in [5.41, 5.74) is 1.58. The Balaban J connectivity index is 1.62. The number of hydrogen-bond acceptors (Lipinski definition) is 5. The molecule has 2 heterocycles. The molecule has 1 N–H and O–H groups in total. The summed E-state index contributed by atoms with van der Waals surface area (Å²) in [6, 6.07) is 10.6. The topological polar surface area (TPSA) is 65.5 Å². The van der Waals surface area contributed by atoms with Crippen LogP contribution in [0.4, 0.5) is 11.5 Å². The first kappa shape index (κ1) is 17.6. The van der Waals surface area contributed by atoms with Crippen molar-refractivity contribution in [3.05, 3.63) is 48.2 Å². The highest BCUT2D eigenvalue weighted by atomic mass is 32.2. The summed E-state index contributed by atoms with van der Waals surface area (Å²) in [6.07, 6.45) is 3.41. The molecule has 0 spiro atoms. The third-order valence-corrected chi connectivity index (χ3v) is 5.24. The van der Waals surface area contributed by atoms with E-state index >= 15 is 0 Å². The second-order valence-corrected chi connectivity index (χ2v) is 7.50. The normalized spacial score (nSPS) is 16.5. The zero-order valence-electron chi connectivity index (χ0n) is 14.4. The summed E-state index contributed by atoms with van der Waals surface area (Å²) in [5.74, 6) is 0.291. The van der Waals surface area contributed by atoms with Gasteiger partial charge in [0.1, 0.15) is 5.82 Å². The molecule has 1 aromatic carbocycles. The molecule has 0 aliphatic carbocycles. The van der Waals surface area contributed by atoms with Gasteiger partial charge in [-0.2, -0.15) is 0 Å². The molecule has 1 atom stereocenters. The largest absolute Gasteiger partial charge is 0.368 e. The number of likely N-dealkylation sites (N-methyl/N-ethyl adjacent to an activating group) is 1. The Kier molecular flexibility index (Phi) is 5.45. The summed E-state index contributed by atoms with van der Waals surface area (Å²) in [6.45, 7) is 4.04. The van der Waals surface area contributed by atoms with Gasteiger partial charge in [-0.15, -0.1) is 0 Å². The van der Waals surface area contributed by atoms with Crippen molar-refractivity contribution < 1.29 is 9.00 Å². The maximum absolute atomic E-state index is 12.3. The van der Waals surface area contributed by atoms with Gasteiger partial charge in [-0.1, -0.05) is 0 Å². The number of amides is 1. The van der Waals surface area contributed by atoms with Gasteiger partial charge in [-0.25, -0.2) is 4.98 Å². The maximum Gasteiger partial charge on any atom is 0.256 e. The average molecular weight is 358 g/mol. The minimum atomic E-state index is -1.05. The molecule has 1 aromatic heterocycles. The van der Waals surface area contributed by atoms with Crippen molar-refractivity contribution in [1.82, 2.24) is 9.88 Å². The zero-order valence-corrected chi connectivity index (χ0v) is 15.3. The van der Waals surface area contributed by atoms with E-state index in [0.717, 1.165) is 31.9 Å². The average Bonchev–Trinajstić information content (AvgIpc) is 2.63. The predicted octanol–water partition coefficient (Wildman–Crippen LogP) is 1.82. The Morgan fingerprint density at radius 1 is 1.08 bits per heavy atom. The van der Waals surface area contributed by atoms with Crippen molar-refractivity contribution in [2.24, 2.45) is 0 Å². The summed E-state index contributed by atoms with van der Waals surface area (Å²) in [4.78, 5) is 21.9. The highest BCUT2D eigenvalue weighted by molar-refractivity contribution is 7.84. The van der Waals surface area contributed by atoms with Crippen LogP contribution in [-0.2, 0) is 10.8 Å². The standard InChI is InChI=1S/C18H22N4O2S/c1-21-9-11-22(12-10-21)15-5-8-17(19-13-15)20-18(23)14-3-6-16(7-4-14)25(2)24/h3-8,13H,9-12H2,1-2H3,(H,19,20,23). The monoisotopic (exact) mass is 358 g/mol. The van der Waals surface area contributed by atoms with E-state index in [9.17, 15) is 9.00 Å². The number of anilines is 2. The van der Waals surface area contributed by atoms with Crippen molar-refractivity contribution in [3.63, 3.8) is 0 Å². The van der Waals surface area contributed by atoms with Gasteiger partial charge in [0.25, 0.3) is 5.91 Å². The van der Waals surface area contributed by atoms with Crippen LogP contribution in [0.15, 0.2) is 47.5 Å². The molecule has 1 amide bonds. The number of aromatic nitrogens is 1. The predicted molar refractivity (Wildman–Crippen MR) is 101 cm³/mol. The van der Waals surface area contributed by atoms with Gasteiger partial charge in [0.05, 0.1) is 11.9 Å². The molecular weight excluding hydrogens is 336 g/mol. The molecular formula is C18H22N4O2S. The van der Waals surface area contributed by atoms with Gasteiger partial charge in [0.15, 0.2) is 0 Å². The highest BCUT2D eigenvalue weighted by Gasteiger charge is 2.15. The summed E-state index contributed by atoms with van der Waals surface area (Å²) in [5, 5.41) is 2.79. The van der Waals surface area contributed by atoms with Crippen molar-refractivity contribution in [2.75, 3.05) is 49.7 Å². The molecule has 1 unspecified atom stereocenters. The van der Waals surface area contributed by atoms with Crippen LogP contribution in [0.5, 0.6) is 0 Å². The zero-order chi connectivity index (χ0) is 17.8. The third-order valence-electron chi connectivity index (χ3n) is 4.31. The molecule has 1 aliphatic rings. The van der Waals surface area contributed by atoms with Gasteiger partial charge in [0, 0.05) is 53.7 Å². The quantitative estimate of drug-likeness (QED) is 0.903. The van der Waals surface area contributed by atoms with Crippen LogP contribution in [0.1, 0.15) is 10.4 Å². The molecule has 0 bridgehead atoms. The van der Waals surface area contributed by atoms with E-state index in [2.05, 4.69) is 27.1 Å². The van der Waals surface area contributed by atoms with Crippen LogP contribution >= 0.6 is 0 Å². The van der Waals surface area contributed by atoms with Crippen LogP contribution in [0.2, 0.25) is 0 Å². The number of carbonyl (C=O) groups is 1. The molecule has 2 aromatic rings. The molecule has 1 aliphatic heterocycles. The molecule has 0 radical (unpaired) electrons. The van der Waals surface area contributed by atoms with Gasteiger partial charge in [-0.3, -0.25) is 9.00 Å². The molecule has 25 heavy (non-hydrogen) atoms. The number of hydrogen-bond donors (Lipinski definition) is 1. The van der Waals surface area contributed by atoms with E-state index in [4.69, 9.17) is 0 Å². The Bertz CT molecular complexity index is 754. The Labute approximate surface area is 150 Å². The van der Waals surface area contributed by atoms with Gasteiger partial charge >= 0.3 is 0 Å². The number of pyridine rings is 1. The van der Waals surface area contributed by atoms with Gasteiger partial charge in [-0.05, 0) is 43.4 Å². The Hall–Kier alpha value is -2.25. The number of rotatable bonds is 4. The maximum atomic E-state index is 12.3. The first-order chi connectivity index (χ1) is 12.0. The summed E-state index contributed by atoms with van der Waals surface area (Å²) in [7, 11) is 1.08. The molecule has 6 nitrogen and oxygen atoms in total. The number of benzene rings is 1. The van der Waals surface area contributed by atoms with Crippen molar-refractivity contribution in [3.8, 4) is 0 Å². The molecule has 7 heteroatoms. The third kappa shape index (κ3) is 4.43. The fraction of sp³-hybridized carbons (Fsp3) is 0.333. The highest BCUT2D eigenvalue weighted by Crippen LogP contribution is 2.17. The summed E-state index contributed by atoms with van der Waals surface area (Å²) >= 11 is 0. The SMILES string of the molecule is CN1CCN(c2ccc(NC(=O)c3ccc(S(C)=O)cc3)nc2)CC1. The van der Waals surface area contributed by atoms with Crippen LogP contribution < -0.4 is 10.2 Å². The lowest BCUT2D eigenvalue weighted by molar-refractivity contribution is 0.102. The van der Waals surface area contributed by atoms with E-state index in [1.165, 1.54) is 0 Å². The lowest BCUT2D eigenvalue weighted by Gasteiger charge is -2.33. The lowest BCUT2D eigenvalue weighted by atomic mass is 10.2. The van der Waals surface area contributed by atoms with Crippen LogP contribution in [0.3, 0.4) is 0 Å². The Morgan fingerprint density at radius 3 is 2.32 bits per heavy atom.